The molecule has 0 unspecified atom stereocenters. The molecule has 122 valence electrons. The maximum atomic E-state index is 13.5. The fourth-order valence-electron chi connectivity index (χ4n) is 2.28. The first-order valence-corrected chi connectivity index (χ1v) is 7.12. The number of carbonyl (C=O) groups is 1. The van der Waals surface area contributed by atoms with Gasteiger partial charge >= 0.3 is 5.97 Å². The minimum Gasteiger partial charge on any atom is -0.488 e. The summed E-state index contributed by atoms with van der Waals surface area (Å²) < 4.78 is 37.1. The molecule has 0 saturated heterocycles. The molecule has 1 aromatic heterocycles. The summed E-state index contributed by atoms with van der Waals surface area (Å²) in [6, 6.07) is 11.3. The number of hydrogen-bond acceptors (Lipinski definition) is 4. The number of carbonyl (C=O) groups excluding carboxylic acids is 1. The summed E-state index contributed by atoms with van der Waals surface area (Å²) in [7, 11) is 1.24. The molecule has 0 saturated carbocycles. The second-order valence-corrected chi connectivity index (χ2v) is 5.08. The van der Waals surface area contributed by atoms with E-state index in [0.717, 1.165) is 0 Å². The Morgan fingerprint density at radius 3 is 2.62 bits per heavy atom. The standard InChI is InChI=1S/C18H13F2NO3/c1-23-18(22)16-9-17(14-8-13(20)5-6-15(14)21-16)24-10-11-3-2-4-12(19)7-11/h2-9H,10H2,1H3. The van der Waals surface area contributed by atoms with Gasteiger partial charge in [-0.15, -0.1) is 0 Å². The average molecular weight is 329 g/mol. The molecule has 0 aliphatic heterocycles. The van der Waals surface area contributed by atoms with Crippen LogP contribution in [0.4, 0.5) is 8.78 Å². The minimum atomic E-state index is -0.628. The van der Waals surface area contributed by atoms with Gasteiger partial charge in [0.15, 0.2) is 5.69 Å². The molecule has 0 aliphatic carbocycles. The van der Waals surface area contributed by atoms with E-state index in [9.17, 15) is 13.6 Å². The fraction of sp³-hybridized carbons (Fsp3) is 0.111. The van der Waals surface area contributed by atoms with Crippen LogP contribution in [0.2, 0.25) is 0 Å². The van der Waals surface area contributed by atoms with Gasteiger partial charge in [0, 0.05) is 11.5 Å². The molecule has 0 bridgehead atoms. The number of nitrogens with zero attached hydrogens (tertiary/aromatic N) is 1. The lowest BCUT2D eigenvalue weighted by Crippen LogP contribution is -2.06. The average Bonchev–Trinajstić information content (AvgIpc) is 2.59. The normalized spacial score (nSPS) is 10.6. The zero-order chi connectivity index (χ0) is 17.1. The van der Waals surface area contributed by atoms with Crippen molar-refractivity contribution >= 4 is 16.9 Å². The summed E-state index contributed by atoms with van der Waals surface area (Å²) in [4.78, 5) is 15.9. The lowest BCUT2D eigenvalue weighted by molar-refractivity contribution is 0.0594. The smallest absolute Gasteiger partial charge is 0.356 e. The van der Waals surface area contributed by atoms with E-state index in [2.05, 4.69) is 9.72 Å². The molecular formula is C18H13F2NO3. The summed E-state index contributed by atoms with van der Waals surface area (Å²) in [5.41, 5.74) is 1.05. The van der Waals surface area contributed by atoms with E-state index in [1.165, 1.54) is 43.5 Å². The van der Waals surface area contributed by atoms with E-state index in [0.29, 0.717) is 16.5 Å². The van der Waals surface area contributed by atoms with Gasteiger partial charge in [-0.1, -0.05) is 12.1 Å². The highest BCUT2D eigenvalue weighted by Gasteiger charge is 2.14. The van der Waals surface area contributed by atoms with E-state index >= 15 is 0 Å². The van der Waals surface area contributed by atoms with Gasteiger partial charge in [-0.2, -0.15) is 0 Å². The zero-order valence-electron chi connectivity index (χ0n) is 12.8. The van der Waals surface area contributed by atoms with Crippen LogP contribution in [0.15, 0.2) is 48.5 Å². The molecule has 0 spiro atoms. The Hall–Kier alpha value is -3.02. The third-order valence-electron chi connectivity index (χ3n) is 3.41. The molecule has 0 fully saturated rings. The Kier molecular flexibility index (Phi) is 4.37. The molecule has 0 radical (unpaired) electrons. The van der Waals surface area contributed by atoms with Crippen molar-refractivity contribution in [1.82, 2.24) is 4.98 Å². The molecule has 4 nitrogen and oxygen atoms in total. The molecule has 0 aliphatic rings. The molecule has 3 aromatic rings. The van der Waals surface area contributed by atoms with Gasteiger partial charge in [-0.25, -0.2) is 18.6 Å². The Morgan fingerprint density at radius 1 is 1.08 bits per heavy atom. The van der Waals surface area contributed by atoms with Crippen LogP contribution < -0.4 is 4.74 Å². The van der Waals surface area contributed by atoms with Gasteiger partial charge < -0.3 is 9.47 Å². The second kappa shape index (κ2) is 6.62. The first-order chi connectivity index (χ1) is 11.6. The van der Waals surface area contributed by atoms with Crippen LogP contribution in [-0.4, -0.2) is 18.1 Å². The van der Waals surface area contributed by atoms with Crippen molar-refractivity contribution in [2.24, 2.45) is 0 Å². The molecule has 24 heavy (non-hydrogen) atoms. The largest absolute Gasteiger partial charge is 0.488 e. The number of esters is 1. The molecule has 0 atom stereocenters. The number of rotatable bonds is 4. The van der Waals surface area contributed by atoms with Crippen molar-refractivity contribution in [3.8, 4) is 5.75 Å². The first kappa shape index (κ1) is 15.9. The summed E-state index contributed by atoms with van der Waals surface area (Å²) in [5, 5.41) is 0.416. The van der Waals surface area contributed by atoms with Crippen molar-refractivity contribution in [3.63, 3.8) is 0 Å². The van der Waals surface area contributed by atoms with Gasteiger partial charge in [0.05, 0.1) is 12.6 Å². The van der Waals surface area contributed by atoms with Crippen molar-refractivity contribution in [2.75, 3.05) is 7.11 Å². The Labute approximate surface area is 136 Å². The lowest BCUT2D eigenvalue weighted by Gasteiger charge is -2.11. The molecule has 2 aromatic carbocycles. The molecule has 3 rings (SSSR count). The number of ether oxygens (including phenoxy) is 2. The SMILES string of the molecule is COC(=O)c1cc(OCc2cccc(F)c2)c2cc(F)ccc2n1. The van der Waals surface area contributed by atoms with E-state index in [-0.39, 0.29) is 23.9 Å². The second-order valence-electron chi connectivity index (χ2n) is 5.08. The van der Waals surface area contributed by atoms with Crippen LogP contribution in [0.3, 0.4) is 0 Å². The number of halogens is 2. The van der Waals surface area contributed by atoms with E-state index < -0.39 is 11.8 Å². The van der Waals surface area contributed by atoms with Crippen molar-refractivity contribution in [1.29, 1.82) is 0 Å². The lowest BCUT2D eigenvalue weighted by atomic mass is 10.1. The highest BCUT2D eigenvalue weighted by atomic mass is 19.1. The predicted octanol–water partition coefficient (Wildman–Crippen LogP) is 3.88. The Morgan fingerprint density at radius 2 is 1.88 bits per heavy atom. The predicted molar refractivity (Wildman–Crippen MR) is 83.8 cm³/mol. The minimum absolute atomic E-state index is 0.0471. The third-order valence-corrected chi connectivity index (χ3v) is 3.41. The molecular weight excluding hydrogens is 316 g/mol. The van der Waals surface area contributed by atoms with Gasteiger partial charge in [0.1, 0.15) is 24.0 Å². The molecule has 0 N–H and O–H groups in total. The number of pyridine rings is 1. The van der Waals surface area contributed by atoms with Gasteiger partial charge in [0.25, 0.3) is 0 Å². The van der Waals surface area contributed by atoms with Crippen LogP contribution in [-0.2, 0) is 11.3 Å². The highest BCUT2D eigenvalue weighted by Crippen LogP contribution is 2.27. The van der Waals surface area contributed by atoms with E-state index in [4.69, 9.17) is 4.74 Å². The zero-order valence-corrected chi connectivity index (χ0v) is 12.8. The fourth-order valence-corrected chi connectivity index (χ4v) is 2.28. The van der Waals surface area contributed by atoms with Gasteiger partial charge in [0.2, 0.25) is 0 Å². The molecule has 1 heterocycles. The van der Waals surface area contributed by atoms with Crippen LogP contribution >= 0.6 is 0 Å². The van der Waals surface area contributed by atoms with Gasteiger partial charge in [-0.05, 0) is 35.9 Å². The van der Waals surface area contributed by atoms with Gasteiger partial charge in [-0.3, -0.25) is 0 Å². The maximum absolute atomic E-state index is 13.5. The Balaban J connectivity index is 2.00. The highest BCUT2D eigenvalue weighted by molar-refractivity contribution is 5.94. The summed E-state index contributed by atoms with van der Waals surface area (Å²) >= 11 is 0. The summed E-state index contributed by atoms with van der Waals surface area (Å²) in [5.74, 6) is -1.19. The Bertz CT molecular complexity index is 912. The van der Waals surface area contributed by atoms with Crippen molar-refractivity contribution in [2.45, 2.75) is 6.61 Å². The molecule has 6 heteroatoms. The number of aromatic nitrogens is 1. The quantitative estimate of drug-likeness (QED) is 0.682. The number of benzene rings is 2. The monoisotopic (exact) mass is 329 g/mol. The van der Waals surface area contributed by atoms with Crippen molar-refractivity contribution < 1.29 is 23.0 Å². The van der Waals surface area contributed by atoms with Crippen LogP contribution in [0.5, 0.6) is 5.75 Å². The van der Waals surface area contributed by atoms with Crippen molar-refractivity contribution in [3.05, 3.63) is 71.4 Å². The first-order valence-electron chi connectivity index (χ1n) is 7.12. The van der Waals surface area contributed by atoms with Crippen LogP contribution in [0.1, 0.15) is 16.1 Å². The maximum Gasteiger partial charge on any atom is 0.356 e. The number of fused-ring (bicyclic) bond motifs is 1. The number of methoxy groups -OCH3 is 1. The van der Waals surface area contributed by atoms with Crippen LogP contribution in [0, 0.1) is 11.6 Å². The van der Waals surface area contributed by atoms with Crippen LogP contribution in [0.25, 0.3) is 10.9 Å². The summed E-state index contributed by atoms with van der Waals surface area (Å²) in [6.07, 6.45) is 0. The number of hydrogen-bond donors (Lipinski definition) is 0. The van der Waals surface area contributed by atoms with E-state index in [1.807, 2.05) is 0 Å². The van der Waals surface area contributed by atoms with E-state index in [1.54, 1.807) is 12.1 Å². The summed E-state index contributed by atoms with van der Waals surface area (Å²) in [6.45, 7) is 0.0635. The molecule has 0 amide bonds. The third kappa shape index (κ3) is 3.32. The topological polar surface area (TPSA) is 48.4 Å².